The highest BCUT2D eigenvalue weighted by molar-refractivity contribution is 7.13. The summed E-state index contributed by atoms with van der Waals surface area (Å²) >= 11 is 0. The molecule has 1 nitrogen and oxygen atoms in total. The second-order valence-electron chi connectivity index (χ2n) is 8.36. The molecule has 0 bridgehead atoms. The van der Waals surface area contributed by atoms with Gasteiger partial charge in [-0.05, 0) is 43.4 Å². The fraction of sp³-hybridized carbons (Fsp3) is 0.571. The van der Waals surface area contributed by atoms with Crippen LogP contribution in [0.15, 0.2) is 42.5 Å². The van der Waals surface area contributed by atoms with Crippen molar-refractivity contribution in [2.45, 2.75) is 65.5 Å². The molecular formula is C21H32OSi. The Morgan fingerprint density at radius 1 is 1.26 bits per heavy atom. The molecule has 0 aliphatic heterocycles. The van der Waals surface area contributed by atoms with E-state index >= 15 is 0 Å². The summed E-state index contributed by atoms with van der Waals surface area (Å²) in [5.41, 5.74) is 1.76. The summed E-state index contributed by atoms with van der Waals surface area (Å²) in [5, 5.41) is 1.75. The number of allylic oxidation sites excluding steroid dienone is 1. The normalized spacial score (nSPS) is 21.2. The van der Waals surface area contributed by atoms with Gasteiger partial charge >= 0.3 is 0 Å². The van der Waals surface area contributed by atoms with Crippen LogP contribution in [0.2, 0.25) is 13.1 Å². The Hall–Kier alpha value is -1.15. The van der Waals surface area contributed by atoms with Gasteiger partial charge in [-0.25, -0.2) is 0 Å². The number of hydrogen-bond donors (Lipinski definition) is 0. The van der Waals surface area contributed by atoms with Crippen LogP contribution in [0.5, 0.6) is 0 Å². The van der Waals surface area contributed by atoms with Crippen molar-refractivity contribution >= 4 is 18.7 Å². The van der Waals surface area contributed by atoms with Crippen molar-refractivity contribution in [1.29, 1.82) is 0 Å². The highest BCUT2D eigenvalue weighted by Crippen LogP contribution is 2.45. The monoisotopic (exact) mass is 328 g/mol. The molecule has 0 N–H and O–H groups in total. The zero-order valence-corrected chi connectivity index (χ0v) is 16.3. The number of hydrogen-bond acceptors (Lipinski definition) is 1. The standard InChI is InChI=1S/C21H32OSi/c1-17-11-10-16-21(2,3)19(17)14-9-15-20(22)23(4,5)18-12-7-6-8-13-18/h6-8,12-13,19H,1,9-11,14-16H2,2-5H3. The van der Waals surface area contributed by atoms with Crippen LogP contribution in [0.1, 0.15) is 52.4 Å². The SMILES string of the molecule is C=C1CCCC(C)(C)C1CCCC(=O)[Si](C)(C)c1ccccc1. The summed E-state index contributed by atoms with van der Waals surface area (Å²) in [4.78, 5) is 12.8. The molecule has 1 unspecified atom stereocenters. The number of rotatable bonds is 6. The van der Waals surface area contributed by atoms with Gasteiger partial charge in [0, 0.05) is 6.42 Å². The van der Waals surface area contributed by atoms with Crippen LogP contribution in [0.4, 0.5) is 0 Å². The zero-order chi connectivity index (χ0) is 17.1. The molecule has 0 saturated heterocycles. The van der Waals surface area contributed by atoms with E-state index in [1.807, 2.05) is 18.2 Å². The average molecular weight is 329 g/mol. The lowest BCUT2D eigenvalue weighted by Crippen LogP contribution is -2.49. The lowest BCUT2D eigenvalue weighted by atomic mass is 9.65. The zero-order valence-electron chi connectivity index (χ0n) is 15.3. The molecule has 0 aromatic heterocycles. The molecule has 1 fully saturated rings. The van der Waals surface area contributed by atoms with Crippen molar-refractivity contribution in [3.8, 4) is 0 Å². The minimum absolute atomic E-state index is 0.352. The summed E-state index contributed by atoms with van der Waals surface area (Å²) in [7, 11) is -1.98. The Labute approximate surface area is 143 Å². The Balaban J connectivity index is 1.93. The van der Waals surface area contributed by atoms with Gasteiger partial charge in [-0.1, -0.05) is 74.6 Å². The number of carbonyl (C=O) groups is 1. The second-order valence-corrected chi connectivity index (χ2v) is 12.7. The third-order valence-corrected chi connectivity index (χ3v) is 9.27. The van der Waals surface area contributed by atoms with Crippen molar-refractivity contribution in [3.63, 3.8) is 0 Å². The second kappa shape index (κ2) is 7.17. The Morgan fingerprint density at radius 2 is 1.91 bits per heavy atom. The Morgan fingerprint density at radius 3 is 2.52 bits per heavy atom. The molecule has 0 radical (unpaired) electrons. The topological polar surface area (TPSA) is 17.1 Å². The molecule has 1 saturated carbocycles. The quantitative estimate of drug-likeness (QED) is 0.514. The van der Waals surface area contributed by atoms with Gasteiger partial charge in [0.05, 0.1) is 0 Å². The minimum atomic E-state index is -1.98. The van der Waals surface area contributed by atoms with Crippen LogP contribution in [0.25, 0.3) is 0 Å². The lowest BCUT2D eigenvalue weighted by Gasteiger charge is -2.40. The molecular weight excluding hydrogens is 296 g/mol. The third-order valence-electron chi connectivity index (χ3n) is 5.84. The maximum Gasteiger partial charge on any atom is 0.157 e. The van der Waals surface area contributed by atoms with Gasteiger partial charge in [0.1, 0.15) is 5.41 Å². The third kappa shape index (κ3) is 4.23. The molecule has 126 valence electrons. The molecule has 1 aliphatic carbocycles. The van der Waals surface area contributed by atoms with E-state index in [4.69, 9.17) is 0 Å². The Kier molecular flexibility index (Phi) is 5.67. The predicted molar refractivity (Wildman–Crippen MR) is 103 cm³/mol. The first-order chi connectivity index (χ1) is 10.7. The molecule has 0 spiro atoms. The first kappa shape index (κ1) is 18.2. The van der Waals surface area contributed by atoms with E-state index in [-0.39, 0.29) is 0 Å². The van der Waals surface area contributed by atoms with Crippen molar-refractivity contribution < 1.29 is 4.79 Å². The van der Waals surface area contributed by atoms with Gasteiger partial charge < -0.3 is 4.79 Å². The minimum Gasteiger partial charge on any atom is -0.305 e. The van der Waals surface area contributed by atoms with Crippen LogP contribution in [0, 0.1) is 11.3 Å². The van der Waals surface area contributed by atoms with E-state index in [0.29, 0.717) is 16.7 Å². The maximum atomic E-state index is 12.8. The van der Waals surface area contributed by atoms with E-state index in [0.717, 1.165) is 19.3 Å². The first-order valence-corrected chi connectivity index (χ1v) is 12.0. The summed E-state index contributed by atoms with van der Waals surface area (Å²) in [5.74, 6) is 0.588. The largest absolute Gasteiger partial charge is 0.305 e. The van der Waals surface area contributed by atoms with E-state index < -0.39 is 8.07 Å². The summed E-state index contributed by atoms with van der Waals surface area (Å²) < 4.78 is 0. The molecule has 0 heterocycles. The Bertz CT molecular complexity index is 556. The van der Waals surface area contributed by atoms with Crippen LogP contribution < -0.4 is 5.19 Å². The summed E-state index contributed by atoms with van der Waals surface area (Å²) in [6.07, 6.45) is 6.59. The summed E-state index contributed by atoms with van der Waals surface area (Å²) in [6.45, 7) is 13.4. The van der Waals surface area contributed by atoms with Gasteiger partial charge in [-0.15, -0.1) is 0 Å². The molecule has 0 amide bonds. The van der Waals surface area contributed by atoms with Gasteiger partial charge in [0.15, 0.2) is 8.07 Å². The van der Waals surface area contributed by atoms with Gasteiger partial charge in [0.2, 0.25) is 0 Å². The van der Waals surface area contributed by atoms with Crippen LogP contribution in [0.3, 0.4) is 0 Å². The molecule has 23 heavy (non-hydrogen) atoms. The fourth-order valence-corrected chi connectivity index (χ4v) is 6.21. The van der Waals surface area contributed by atoms with Gasteiger partial charge in [0.25, 0.3) is 0 Å². The van der Waals surface area contributed by atoms with E-state index in [1.165, 1.54) is 30.0 Å². The smallest absolute Gasteiger partial charge is 0.157 e. The van der Waals surface area contributed by atoms with Crippen LogP contribution >= 0.6 is 0 Å². The molecule has 2 heteroatoms. The molecule has 1 aliphatic rings. The first-order valence-electron chi connectivity index (χ1n) is 9.01. The number of carbonyl (C=O) groups excluding carboxylic acids is 1. The van der Waals surface area contributed by atoms with Crippen molar-refractivity contribution in [1.82, 2.24) is 0 Å². The predicted octanol–water partition coefficient (Wildman–Crippen LogP) is 5.26. The van der Waals surface area contributed by atoms with Gasteiger partial charge in [-0.2, -0.15) is 0 Å². The van der Waals surface area contributed by atoms with Crippen molar-refractivity contribution in [2.75, 3.05) is 0 Å². The fourth-order valence-electron chi connectivity index (χ4n) is 4.06. The highest BCUT2D eigenvalue weighted by Gasteiger charge is 2.35. The van der Waals surface area contributed by atoms with E-state index in [9.17, 15) is 4.79 Å². The molecule has 2 rings (SSSR count). The highest BCUT2D eigenvalue weighted by atomic mass is 28.3. The van der Waals surface area contributed by atoms with Crippen LogP contribution in [-0.2, 0) is 4.79 Å². The molecule has 1 aromatic carbocycles. The van der Waals surface area contributed by atoms with Crippen molar-refractivity contribution in [3.05, 3.63) is 42.5 Å². The van der Waals surface area contributed by atoms with Gasteiger partial charge in [-0.3, -0.25) is 0 Å². The maximum absolute atomic E-state index is 12.8. The average Bonchev–Trinajstić information content (AvgIpc) is 2.50. The van der Waals surface area contributed by atoms with E-state index in [1.54, 1.807) is 0 Å². The summed E-state index contributed by atoms with van der Waals surface area (Å²) in [6, 6.07) is 10.4. The number of benzene rings is 1. The van der Waals surface area contributed by atoms with Crippen molar-refractivity contribution in [2.24, 2.45) is 11.3 Å². The molecule has 1 atom stereocenters. The van der Waals surface area contributed by atoms with Crippen LogP contribution in [-0.4, -0.2) is 13.5 Å². The molecule has 1 aromatic rings. The lowest BCUT2D eigenvalue weighted by molar-refractivity contribution is -0.112. The van der Waals surface area contributed by atoms with E-state index in [2.05, 4.69) is 45.7 Å².